The van der Waals surface area contributed by atoms with E-state index in [1.54, 1.807) is 0 Å². The molecule has 1 rings (SSSR count). The summed E-state index contributed by atoms with van der Waals surface area (Å²) in [5, 5.41) is 16.8. The molecule has 0 aliphatic rings. The molecule has 0 amide bonds. The maximum absolute atomic E-state index is 9.29. The SMILES string of the molecule is CC(C)(C)c1nnc(C(O)CN)o1. The van der Waals surface area contributed by atoms with Crippen LogP contribution in [0.2, 0.25) is 0 Å². The fourth-order valence-electron chi connectivity index (χ4n) is 0.773. The largest absolute Gasteiger partial charge is 0.422 e. The van der Waals surface area contributed by atoms with Crippen LogP contribution in [0.15, 0.2) is 4.42 Å². The molecule has 0 saturated carbocycles. The highest BCUT2D eigenvalue weighted by atomic mass is 16.4. The van der Waals surface area contributed by atoms with E-state index in [1.807, 2.05) is 20.8 Å². The highest BCUT2D eigenvalue weighted by molar-refractivity contribution is 4.97. The molecule has 1 heterocycles. The molecule has 0 bridgehead atoms. The van der Waals surface area contributed by atoms with Gasteiger partial charge in [0, 0.05) is 12.0 Å². The summed E-state index contributed by atoms with van der Waals surface area (Å²) in [5.41, 5.74) is 5.05. The molecule has 5 heteroatoms. The van der Waals surface area contributed by atoms with Gasteiger partial charge in [-0.05, 0) is 0 Å². The first-order valence-electron chi connectivity index (χ1n) is 4.17. The number of nitrogens with zero attached hydrogens (tertiary/aromatic N) is 2. The Labute approximate surface area is 77.0 Å². The predicted octanol–water partition coefficient (Wildman–Crippen LogP) is 0.359. The molecule has 13 heavy (non-hydrogen) atoms. The fraction of sp³-hybridized carbons (Fsp3) is 0.750. The second-order valence-electron chi connectivity index (χ2n) is 3.95. The minimum Gasteiger partial charge on any atom is -0.422 e. The Kier molecular flexibility index (Phi) is 2.68. The Hall–Kier alpha value is -0.940. The van der Waals surface area contributed by atoms with Gasteiger partial charge < -0.3 is 15.3 Å². The van der Waals surface area contributed by atoms with Crippen molar-refractivity contribution < 1.29 is 9.52 Å². The van der Waals surface area contributed by atoms with Crippen LogP contribution in [-0.4, -0.2) is 21.8 Å². The summed E-state index contributed by atoms with van der Waals surface area (Å²) in [4.78, 5) is 0. The molecule has 0 spiro atoms. The number of nitrogens with two attached hydrogens (primary N) is 1. The first-order valence-corrected chi connectivity index (χ1v) is 4.17. The maximum Gasteiger partial charge on any atom is 0.246 e. The summed E-state index contributed by atoms with van der Waals surface area (Å²) in [6, 6.07) is 0. The van der Waals surface area contributed by atoms with Gasteiger partial charge in [0.2, 0.25) is 11.8 Å². The first kappa shape index (κ1) is 10.1. The zero-order valence-electron chi connectivity index (χ0n) is 8.11. The van der Waals surface area contributed by atoms with Crippen LogP contribution in [0.3, 0.4) is 0 Å². The number of hydrogen-bond acceptors (Lipinski definition) is 5. The zero-order chi connectivity index (χ0) is 10.1. The smallest absolute Gasteiger partial charge is 0.246 e. The Bertz CT molecular complexity index is 277. The van der Waals surface area contributed by atoms with E-state index in [1.165, 1.54) is 0 Å². The van der Waals surface area contributed by atoms with Gasteiger partial charge in [-0.15, -0.1) is 10.2 Å². The summed E-state index contributed by atoms with van der Waals surface area (Å²) in [6.07, 6.45) is -0.858. The first-order chi connectivity index (χ1) is 5.95. The summed E-state index contributed by atoms with van der Waals surface area (Å²) < 4.78 is 5.25. The maximum atomic E-state index is 9.29. The van der Waals surface area contributed by atoms with Crippen LogP contribution >= 0.6 is 0 Å². The van der Waals surface area contributed by atoms with E-state index >= 15 is 0 Å². The highest BCUT2D eigenvalue weighted by Gasteiger charge is 2.23. The van der Waals surface area contributed by atoms with Crippen LogP contribution in [0.25, 0.3) is 0 Å². The van der Waals surface area contributed by atoms with E-state index in [2.05, 4.69) is 10.2 Å². The molecular formula is C8H15N3O2. The van der Waals surface area contributed by atoms with Crippen molar-refractivity contribution >= 4 is 0 Å². The van der Waals surface area contributed by atoms with Crippen molar-refractivity contribution in [1.82, 2.24) is 10.2 Å². The van der Waals surface area contributed by atoms with E-state index in [0.717, 1.165) is 0 Å². The third-order valence-corrected chi connectivity index (χ3v) is 1.59. The van der Waals surface area contributed by atoms with E-state index in [9.17, 15) is 5.11 Å². The lowest BCUT2D eigenvalue weighted by Gasteiger charge is -2.11. The van der Waals surface area contributed by atoms with Crippen molar-refractivity contribution in [1.29, 1.82) is 0 Å². The van der Waals surface area contributed by atoms with E-state index in [0.29, 0.717) is 5.89 Å². The van der Waals surface area contributed by atoms with Crippen molar-refractivity contribution in [3.63, 3.8) is 0 Å². The van der Waals surface area contributed by atoms with Crippen LogP contribution in [0.5, 0.6) is 0 Å². The second-order valence-corrected chi connectivity index (χ2v) is 3.95. The zero-order valence-corrected chi connectivity index (χ0v) is 8.11. The minimum absolute atomic E-state index is 0.0891. The van der Waals surface area contributed by atoms with Crippen LogP contribution in [0.1, 0.15) is 38.7 Å². The van der Waals surface area contributed by atoms with Crippen molar-refractivity contribution in [2.45, 2.75) is 32.3 Å². The molecular weight excluding hydrogens is 170 g/mol. The Balaban J connectivity index is 2.87. The van der Waals surface area contributed by atoms with E-state index in [4.69, 9.17) is 10.2 Å². The molecule has 0 aliphatic carbocycles. The molecule has 3 N–H and O–H groups in total. The number of aliphatic hydroxyl groups excluding tert-OH is 1. The van der Waals surface area contributed by atoms with Crippen molar-refractivity contribution in [3.8, 4) is 0 Å². The average Bonchev–Trinajstić information content (AvgIpc) is 2.50. The molecule has 5 nitrogen and oxygen atoms in total. The number of rotatable bonds is 2. The summed E-state index contributed by atoms with van der Waals surface area (Å²) >= 11 is 0. The number of aliphatic hydroxyl groups is 1. The van der Waals surface area contributed by atoms with Gasteiger partial charge in [-0.2, -0.15) is 0 Å². The lowest BCUT2D eigenvalue weighted by Crippen LogP contribution is -2.12. The molecule has 1 atom stereocenters. The molecule has 0 aromatic carbocycles. The van der Waals surface area contributed by atoms with Gasteiger partial charge in [-0.25, -0.2) is 0 Å². The quantitative estimate of drug-likeness (QED) is 0.694. The lowest BCUT2D eigenvalue weighted by molar-refractivity contribution is 0.147. The third-order valence-electron chi connectivity index (χ3n) is 1.59. The van der Waals surface area contributed by atoms with Gasteiger partial charge >= 0.3 is 0 Å². The van der Waals surface area contributed by atoms with Crippen molar-refractivity contribution in [3.05, 3.63) is 11.8 Å². The summed E-state index contributed by atoms with van der Waals surface area (Å²) in [6.45, 7) is 5.96. The summed E-state index contributed by atoms with van der Waals surface area (Å²) in [7, 11) is 0. The van der Waals surface area contributed by atoms with Crippen LogP contribution in [0, 0.1) is 0 Å². The average molecular weight is 185 g/mol. The van der Waals surface area contributed by atoms with Crippen LogP contribution in [0.4, 0.5) is 0 Å². The third kappa shape index (κ3) is 2.26. The Morgan fingerprint density at radius 3 is 2.46 bits per heavy atom. The molecule has 1 aromatic rings. The van der Waals surface area contributed by atoms with Gasteiger partial charge in [-0.1, -0.05) is 20.8 Å². The van der Waals surface area contributed by atoms with Gasteiger partial charge in [0.1, 0.15) is 6.10 Å². The van der Waals surface area contributed by atoms with E-state index < -0.39 is 6.10 Å². The molecule has 0 fully saturated rings. The fourth-order valence-corrected chi connectivity index (χ4v) is 0.773. The van der Waals surface area contributed by atoms with Crippen LogP contribution in [-0.2, 0) is 5.41 Å². The molecule has 1 unspecified atom stereocenters. The van der Waals surface area contributed by atoms with Crippen molar-refractivity contribution in [2.75, 3.05) is 6.54 Å². The van der Waals surface area contributed by atoms with Crippen LogP contribution < -0.4 is 5.73 Å². The van der Waals surface area contributed by atoms with Crippen molar-refractivity contribution in [2.24, 2.45) is 5.73 Å². The monoisotopic (exact) mass is 185 g/mol. The standard InChI is InChI=1S/C8H15N3O2/c1-8(2,3)7-11-10-6(13-7)5(12)4-9/h5,12H,4,9H2,1-3H3. The molecule has 1 aromatic heterocycles. The molecule has 0 saturated heterocycles. The molecule has 0 aliphatic heterocycles. The molecule has 74 valence electrons. The summed E-state index contributed by atoms with van der Waals surface area (Å²) in [5.74, 6) is 0.697. The predicted molar refractivity (Wildman–Crippen MR) is 47.0 cm³/mol. The Morgan fingerprint density at radius 1 is 1.46 bits per heavy atom. The van der Waals surface area contributed by atoms with Gasteiger partial charge in [0.05, 0.1) is 0 Å². The van der Waals surface area contributed by atoms with Gasteiger partial charge in [0.25, 0.3) is 0 Å². The Morgan fingerprint density at radius 2 is 2.08 bits per heavy atom. The number of hydrogen-bond donors (Lipinski definition) is 2. The highest BCUT2D eigenvalue weighted by Crippen LogP contribution is 2.22. The van der Waals surface area contributed by atoms with Gasteiger partial charge in [0.15, 0.2) is 0 Å². The number of aromatic nitrogens is 2. The topological polar surface area (TPSA) is 85.2 Å². The van der Waals surface area contributed by atoms with E-state index in [-0.39, 0.29) is 17.9 Å². The lowest BCUT2D eigenvalue weighted by atomic mass is 9.97. The normalized spacial score (nSPS) is 14.5. The minimum atomic E-state index is -0.858. The molecule has 0 radical (unpaired) electrons. The van der Waals surface area contributed by atoms with Gasteiger partial charge in [-0.3, -0.25) is 0 Å². The second kappa shape index (κ2) is 3.43.